The van der Waals surface area contributed by atoms with E-state index in [2.05, 4.69) is 21.2 Å². The summed E-state index contributed by atoms with van der Waals surface area (Å²) in [5.74, 6) is -0.949. The molecule has 1 aromatic carbocycles. The maximum absolute atomic E-state index is 11.0. The smallest absolute Gasteiger partial charge is 0.305 e. The van der Waals surface area contributed by atoms with Gasteiger partial charge in [0.1, 0.15) is 5.69 Å². The number of benzene rings is 1. The average Bonchev–Trinajstić information content (AvgIpc) is 2.25. The Labute approximate surface area is 125 Å². The SMILES string of the molecule is CC(C)(C)C(CC(=O)O)Nc1cc(Br)ccc1[N+](=O)[O-]. The molecule has 0 fully saturated rings. The van der Waals surface area contributed by atoms with E-state index in [1.165, 1.54) is 6.07 Å². The first kappa shape index (κ1) is 16.4. The lowest BCUT2D eigenvalue weighted by Crippen LogP contribution is -2.36. The molecule has 0 amide bonds. The Morgan fingerprint density at radius 3 is 2.55 bits per heavy atom. The molecule has 0 spiro atoms. The van der Waals surface area contributed by atoms with E-state index < -0.39 is 16.9 Å². The van der Waals surface area contributed by atoms with Gasteiger partial charge < -0.3 is 10.4 Å². The summed E-state index contributed by atoms with van der Waals surface area (Å²) in [6.45, 7) is 5.66. The van der Waals surface area contributed by atoms with Gasteiger partial charge in [-0.25, -0.2) is 0 Å². The van der Waals surface area contributed by atoms with E-state index in [4.69, 9.17) is 5.11 Å². The molecule has 110 valence electrons. The van der Waals surface area contributed by atoms with E-state index in [1.807, 2.05) is 20.8 Å². The Hall–Kier alpha value is -1.63. The van der Waals surface area contributed by atoms with Crippen molar-refractivity contribution in [3.05, 3.63) is 32.8 Å². The molecule has 1 rings (SSSR count). The Kier molecular flexibility index (Phi) is 5.10. The van der Waals surface area contributed by atoms with E-state index in [9.17, 15) is 14.9 Å². The predicted molar refractivity (Wildman–Crippen MR) is 79.9 cm³/mol. The van der Waals surface area contributed by atoms with Crippen molar-refractivity contribution in [2.75, 3.05) is 5.32 Å². The van der Waals surface area contributed by atoms with Gasteiger partial charge in [0.25, 0.3) is 5.69 Å². The molecule has 0 saturated carbocycles. The number of rotatable bonds is 5. The Morgan fingerprint density at radius 2 is 2.10 bits per heavy atom. The molecule has 0 aliphatic carbocycles. The molecule has 0 aliphatic rings. The Balaban J connectivity index is 3.13. The van der Waals surface area contributed by atoms with Crippen molar-refractivity contribution >= 4 is 33.3 Å². The highest BCUT2D eigenvalue weighted by Crippen LogP contribution is 2.32. The molecule has 0 saturated heterocycles. The topological polar surface area (TPSA) is 92.5 Å². The van der Waals surface area contributed by atoms with Crippen molar-refractivity contribution in [3.63, 3.8) is 0 Å². The first-order valence-corrected chi connectivity index (χ1v) is 6.83. The monoisotopic (exact) mass is 344 g/mol. The summed E-state index contributed by atoms with van der Waals surface area (Å²) in [5.41, 5.74) is -0.118. The number of nitrogens with one attached hydrogen (secondary N) is 1. The predicted octanol–water partition coefficient (Wildman–Crippen LogP) is 3.66. The second kappa shape index (κ2) is 6.21. The largest absolute Gasteiger partial charge is 0.481 e. The minimum atomic E-state index is -0.949. The molecule has 1 aromatic rings. The van der Waals surface area contributed by atoms with Crippen LogP contribution in [0.1, 0.15) is 27.2 Å². The maximum atomic E-state index is 11.0. The number of halogens is 1. The van der Waals surface area contributed by atoms with Crippen LogP contribution in [-0.4, -0.2) is 22.0 Å². The summed E-state index contributed by atoms with van der Waals surface area (Å²) in [6.07, 6.45) is -0.118. The highest BCUT2D eigenvalue weighted by Gasteiger charge is 2.29. The highest BCUT2D eigenvalue weighted by atomic mass is 79.9. The third-order valence-corrected chi connectivity index (χ3v) is 3.40. The molecule has 0 aromatic heterocycles. The lowest BCUT2D eigenvalue weighted by Gasteiger charge is -2.31. The van der Waals surface area contributed by atoms with Crippen LogP contribution in [0.5, 0.6) is 0 Å². The number of hydrogen-bond donors (Lipinski definition) is 2. The minimum absolute atomic E-state index is 0.0761. The number of carboxylic acids is 1. The van der Waals surface area contributed by atoms with Crippen LogP contribution in [0.4, 0.5) is 11.4 Å². The van der Waals surface area contributed by atoms with E-state index in [-0.39, 0.29) is 17.5 Å². The molecular formula is C13H17BrN2O4. The Morgan fingerprint density at radius 1 is 1.50 bits per heavy atom. The zero-order valence-corrected chi connectivity index (χ0v) is 13.1. The average molecular weight is 345 g/mol. The van der Waals surface area contributed by atoms with Gasteiger partial charge in [0.05, 0.1) is 11.3 Å². The number of nitrogens with zero attached hydrogens (tertiary/aromatic N) is 1. The molecule has 7 heteroatoms. The van der Waals surface area contributed by atoms with Gasteiger partial charge >= 0.3 is 5.97 Å². The number of nitro groups is 1. The third kappa shape index (κ3) is 4.48. The van der Waals surface area contributed by atoms with Gasteiger partial charge in [-0.2, -0.15) is 0 Å². The minimum Gasteiger partial charge on any atom is -0.481 e. The number of carbonyl (C=O) groups is 1. The summed E-state index contributed by atoms with van der Waals surface area (Å²) >= 11 is 3.26. The van der Waals surface area contributed by atoms with Crippen LogP contribution in [0, 0.1) is 15.5 Å². The zero-order valence-electron chi connectivity index (χ0n) is 11.5. The number of anilines is 1. The number of hydrogen-bond acceptors (Lipinski definition) is 4. The molecular weight excluding hydrogens is 328 g/mol. The zero-order chi connectivity index (χ0) is 15.5. The van der Waals surface area contributed by atoms with Crippen molar-refractivity contribution in [2.24, 2.45) is 5.41 Å². The van der Waals surface area contributed by atoms with Crippen molar-refractivity contribution in [1.82, 2.24) is 0 Å². The van der Waals surface area contributed by atoms with Crippen LogP contribution < -0.4 is 5.32 Å². The molecule has 0 heterocycles. The molecule has 20 heavy (non-hydrogen) atoms. The van der Waals surface area contributed by atoms with Crippen LogP contribution in [0.2, 0.25) is 0 Å². The van der Waals surface area contributed by atoms with Gasteiger partial charge in [-0.05, 0) is 17.5 Å². The number of carboxylic acid groups (broad SMARTS) is 1. The van der Waals surface area contributed by atoms with Gasteiger partial charge in [-0.3, -0.25) is 14.9 Å². The van der Waals surface area contributed by atoms with Crippen LogP contribution in [0.15, 0.2) is 22.7 Å². The standard InChI is InChI=1S/C13H17BrN2O4/c1-13(2,3)11(7-12(17)18)15-9-6-8(14)4-5-10(9)16(19)20/h4-6,11,15H,7H2,1-3H3,(H,17,18). The summed E-state index contributed by atoms with van der Waals surface area (Å²) in [7, 11) is 0. The van der Waals surface area contributed by atoms with Gasteiger partial charge in [-0.1, -0.05) is 36.7 Å². The van der Waals surface area contributed by atoms with Crippen LogP contribution in [0.25, 0.3) is 0 Å². The van der Waals surface area contributed by atoms with Gasteiger partial charge in [0.2, 0.25) is 0 Å². The number of aliphatic carboxylic acids is 1. The summed E-state index contributed by atoms with van der Waals surface area (Å²) in [4.78, 5) is 21.5. The van der Waals surface area contributed by atoms with Crippen molar-refractivity contribution < 1.29 is 14.8 Å². The molecule has 0 aliphatic heterocycles. The quantitative estimate of drug-likeness (QED) is 0.628. The molecule has 0 bridgehead atoms. The van der Waals surface area contributed by atoms with Crippen LogP contribution >= 0.6 is 15.9 Å². The third-order valence-electron chi connectivity index (χ3n) is 2.91. The lowest BCUT2D eigenvalue weighted by atomic mass is 9.84. The Bertz CT molecular complexity index is 526. The summed E-state index contributed by atoms with van der Waals surface area (Å²) < 4.78 is 0.689. The van der Waals surface area contributed by atoms with Crippen molar-refractivity contribution in [2.45, 2.75) is 33.2 Å². The molecule has 1 atom stereocenters. The maximum Gasteiger partial charge on any atom is 0.305 e. The summed E-state index contributed by atoms with van der Waals surface area (Å²) in [6, 6.07) is 4.12. The second-order valence-corrected chi connectivity index (χ2v) is 6.50. The number of nitro benzene ring substituents is 1. The van der Waals surface area contributed by atoms with Crippen molar-refractivity contribution in [1.29, 1.82) is 0 Å². The van der Waals surface area contributed by atoms with Gasteiger partial charge in [-0.15, -0.1) is 0 Å². The fraction of sp³-hybridized carbons (Fsp3) is 0.462. The van der Waals surface area contributed by atoms with E-state index in [0.29, 0.717) is 10.2 Å². The highest BCUT2D eigenvalue weighted by molar-refractivity contribution is 9.10. The molecule has 0 radical (unpaired) electrons. The van der Waals surface area contributed by atoms with E-state index in [1.54, 1.807) is 12.1 Å². The van der Waals surface area contributed by atoms with Crippen LogP contribution in [-0.2, 0) is 4.79 Å². The normalized spacial score (nSPS) is 12.8. The fourth-order valence-electron chi connectivity index (χ4n) is 1.72. The van der Waals surface area contributed by atoms with E-state index in [0.717, 1.165) is 0 Å². The molecule has 1 unspecified atom stereocenters. The molecule has 6 nitrogen and oxygen atoms in total. The van der Waals surface area contributed by atoms with Gasteiger partial charge in [0.15, 0.2) is 0 Å². The van der Waals surface area contributed by atoms with Crippen LogP contribution in [0.3, 0.4) is 0 Å². The fourth-order valence-corrected chi connectivity index (χ4v) is 2.08. The lowest BCUT2D eigenvalue weighted by molar-refractivity contribution is -0.384. The van der Waals surface area contributed by atoms with Gasteiger partial charge in [0, 0.05) is 16.6 Å². The summed E-state index contributed by atoms with van der Waals surface area (Å²) in [5, 5.41) is 23.0. The first-order valence-electron chi connectivity index (χ1n) is 6.03. The first-order chi connectivity index (χ1) is 9.11. The van der Waals surface area contributed by atoms with E-state index >= 15 is 0 Å². The molecule has 2 N–H and O–H groups in total. The van der Waals surface area contributed by atoms with Crippen molar-refractivity contribution in [3.8, 4) is 0 Å². The second-order valence-electron chi connectivity index (χ2n) is 5.58.